The Bertz CT molecular complexity index is 1230. The Kier molecular flexibility index (Phi) is 9.25. The van der Waals surface area contributed by atoms with E-state index in [0.29, 0.717) is 0 Å². The average molecular weight is 519 g/mol. The molecule has 3 aromatic rings. The molecule has 1 saturated heterocycles. The highest BCUT2D eigenvalue weighted by Gasteiger charge is 2.26. The number of aliphatic imine (C=N–C) groups is 1. The molecule has 1 fully saturated rings. The van der Waals surface area contributed by atoms with E-state index in [9.17, 15) is 9.90 Å². The first-order chi connectivity index (χ1) is 16.2. The molecule has 0 bridgehead atoms. The monoisotopic (exact) mass is 518 g/mol. The summed E-state index contributed by atoms with van der Waals surface area (Å²) in [7, 11) is 2.27. The van der Waals surface area contributed by atoms with Gasteiger partial charge in [-0.3, -0.25) is 0 Å². The molecule has 11 nitrogen and oxygen atoms in total. The molecule has 36 heavy (non-hydrogen) atoms. The second kappa shape index (κ2) is 11.7. The van der Waals surface area contributed by atoms with E-state index < -0.39 is 23.2 Å². The molecule has 9 N–H and O–H groups in total. The SMILES string of the molecule is Cc1cc2c(s1)Nc1ccccc1N=C2N1CC[NH+](C)CC1.O.O.O=C(O)c1cc(O)c([O-])c(O)c1. The lowest BCUT2D eigenvalue weighted by Crippen LogP contribution is -3.12. The number of aromatic carboxylic acids is 1. The van der Waals surface area contributed by atoms with Crippen molar-refractivity contribution in [1.82, 2.24) is 4.90 Å². The molecule has 0 atom stereocenters. The number of aromatic hydroxyl groups is 2. The van der Waals surface area contributed by atoms with Crippen LogP contribution in [0.2, 0.25) is 0 Å². The van der Waals surface area contributed by atoms with Gasteiger partial charge < -0.3 is 46.5 Å². The quantitative estimate of drug-likeness (QED) is 0.304. The van der Waals surface area contributed by atoms with Crippen molar-refractivity contribution in [3.05, 3.63) is 58.5 Å². The Morgan fingerprint density at radius 1 is 1.11 bits per heavy atom. The molecular weight excluding hydrogens is 488 g/mol. The minimum atomic E-state index is -1.32. The minimum absolute atomic E-state index is 0. The van der Waals surface area contributed by atoms with E-state index in [0.717, 1.165) is 42.4 Å². The van der Waals surface area contributed by atoms with Crippen LogP contribution >= 0.6 is 11.3 Å². The third-order valence-corrected chi connectivity index (χ3v) is 6.65. The van der Waals surface area contributed by atoms with Crippen LogP contribution in [0.1, 0.15) is 20.8 Å². The standard InChI is InChI=1S/C17H20N4S.C7H6O5.2H2O/c1-12-11-13-16(21-9-7-20(2)8-10-21)18-14-5-3-4-6-15(14)19-17(13)22-12;8-4-1-3(7(11)12)2-5(9)6(4)10;;/h3-6,11,19H,7-10H2,1-2H3;1-2,8-10H,(H,11,12);2*1H2. The predicted octanol–water partition coefficient (Wildman–Crippen LogP) is 0.242. The molecule has 0 saturated carbocycles. The first kappa shape index (κ1) is 28.4. The number of quaternary nitrogens is 1. The van der Waals surface area contributed by atoms with Crippen LogP contribution in [0.4, 0.5) is 16.4 Å². The number of hydrogen-bond donors (Lipinski definition) is 5. The number of phenolic OH excluding ortho intramolecular Hbond substituents is 2. The van der Waals surface area contributed by atoms with Crippen molar-refractivity contribution >= 4 is 39.5 Å². The van der Waals surface area contributed by atoms with Gasteiger partial charge in [-0.25, -0.2) is 9.79 Å². The van der Waals surface area contributed by atoms with Crippen LogP contribution in [-0.2, 0) is 0 Å². The number of phenols is 2. The number of aryl methyl sites for hydroxylation is 1. The average Bonchev–Trinajstić information content (AvgIpc) is 3.09. The lowest BCUT2D eigenvalue weighted by atomic mass is 10.2. The number of benzene rings is 2. The van der Waals surface area contributed by atoms with Crippen molar-refractivity contribution in [3.8, 4) is 17.2 Å². The molecule has 0 spiro atoms. The van der Waals surface area contributed by atoms with E-state index in [1.807, 2.05) is 11.3 Å². The number of amidine groups is 1. The fraction of sp³-hybridized carbons (Fsp3) is 0.250. The molecule has 12 heteroatoms. The van der Waals surface area contributed by atoms with Crippen molar-refractivity contribution in [2.75, 3.05) is 38.5 Å². The Hall–Kier alpha value is -3.84. The number of rotatable bonds is 1. The summed E-state index contributed by atoms with van der Waals surface area (Å²) in [6, 6.07) is 12.1. The van der Waals surface area contributed by atoms with Gasteiger partial charge in [0.15, 0.2) is 0 Å². The van der Waals surface area contributed by atoms with E-state index >= 15 is 0 Å². The summed E-state index contributed by atoms with van der Waals surface area (Å²) in [5.41, 5.74) is 3.05. The van der Waals surface area contributed by atoms with Gasteiger partial charge in [0, 0.05) is 4.88 Å². The zero-order valence-corrected chi connectivity index (χ0v) is 20.6. The minimum Gasteiger partial charge on any atom is -0.867 e. The largest absolute Gasteiger partial charge is 0.867 e. The Balaban J connectivity index is 0.000000282. The molecular formula is C24H30N4O7S. The van der Waals surface area contributed by atoms with Crippen LogP contribution in [0.3, 0.4) is 0 Å². The number of para-hydroxylation sites is 2. The molecule has 3 heterocycles. The fourth-order valence-corrected chi connectivity index (χ4v) is 4.73. The lowest BCUT2D eigenvalue weighted by molar-refractivity contribution is -0.883. The van der Waals surface area contributed by atoms with Crippen LogP contribution in [0.15, 0.2) is 47.5 Å². The molecule has 194 valence electrons. The first-order valence-corrected chi connectivity index (χ1v) is 11.6. The number of anilines is 2. The van der Waals surface area contributed by atoms with Gasteiger partial charge in [-0.15, -0.1) is 11.3 Å². The third-order valence-electron chi connectivity index (χ3n) is 5.69. The highest BCUT2D eigenvalue weighted by Crippen LogP contribution is 2.39. The summed E-state index contributed by atoms with van der Waals surface area (Å²) >= 11 is 1.81. The van der Waals surface area contributed by atoms with Gasteiger partial charge in [0.1, 0.15) is 22.3 Å². The van der Waals surface area contributed by atoms with Gasteiger partial charge in [-0.05, 0) is 43.0 Å². The number of thiophene rings is 1. The van der Waals surface area contributed by atoms with Gasteiger partial charge in [0.05, 0.1) is 55.7 Å². The number of nitrogens with zero attached hydrogens (tertiary/aromatic N) is 2. The first-order valence-electron chi connectivity index (χ1n) is 10.8. The van der Waals surface area contributed by atoms with Crippen molar-refractivity contribution in [1.29, 1.82) is 0 Å². The van der Waals surface area contributed by atoms with Gasteiger partial charge >= 0.3 is 5.97 Å². The van der Waals surface area contributed by atoms with E-state index in [1.54, 1.807) is 4.90 Å². The summed E-state index contributed by atoms with van der Waals surface area (Å²) < 4.78 is 0. The maximum Gasteiger partial charge on any atom is 0.335 e. The number of fused-ring (bicyclic) bond motifs is 2. The van der Waals surface area contributed by atoms with E-state index in [-0.39, 0.29) is 16.5 Å². The number of hydrogen-bond acceptors (Lipinski definition) is 8. The molecule has 1 aromatic heterocycles. The number of likely N-dealkylation sites (N-methyl/N-ethyl adjacent to an activating group) is 1. The second-order valence-electron chi connectivity index (χ2n) is 8.27. The third kappa shape index (κ3) is 6.04. The van der Waals surface area contributed by atoms with Crippen LogP contribution in [0, 0.1) is 6.92 Å². The molecule has 2 aliphatic rings. The smallest absolute Gasteiger partial charge is 0.335 e. The van der Waals surface area contributed by atoms with E-state index in [1.165, 1.54) is 28.5 Å². The predicted molar refractivity (Wildman–Crippen MR) is 137 cm³/mol. The number of carboxylic acids is 1. The normalized spacial score (nSPS) is 14.3. The van der Waals surface area contributed by atoms with E-state index in [2.05, 4.69) is 54.5 Å². The zero-order valence-electron chi connectivity index (χ0n) is 19.8. The molecule has 0 unspecified atom stereocenters. The Morgan fingerprint density at radius 3 is 2.33 bits per heavy atom. The lowest BCUT2D eigenvalue weighted by Gasteiger charge is -2.32. The van der Waals surface area contributed by atoms with Crippen molar-refractivity contribution in [2.24, 2.45) is 4.99 Å². The number of carboxylic acid groups (broad SMARTS) is 1. The summed E-state index contributed by atoms with van der Waals surface area (Å²) in [6.07, 6.45) is 0. The van der Waals surface area contributed by atoms with Gasteiger partial charge in [-0.1, -0.05) is 12.1 Å². The van der Waals surface area contributed by atoms with Crippen molar-refractivity contribution in [2.45, 2.75) is 6.92 Å². The maximum absolute atomic E-state index is 10.7. The van der Waals surface area contributed by atoms with Gasteiger partial charge in [0.2, 0.25) is 0 Å². The molecule has 2 aromatic carbocycles. The zero-order chi connectivity index (χ0) is 24.4. The van der Waals surface area contributed by atoms with E-state index in [4.69, 9.17) is 20.3 Å². The molecule has 0 aliphatic carbocycles. The molecule has 2 aliphatic heterocycles. The van der Waals surface area contributed by atoms with Gasteiger partial charge in [0.25, 0.3) is 0 Å². The molecule has 0 amide bonds. The number of piperazine rings is 1. The second-order valence-corrected chi connectivity index (χ2v) is 9.53. The maximum atomic E-state index is 10.7. The number of nitrogens with one attached hydrogen (secondary N) is 2. The van der Waals surface area contributed by atoms with Crippen LogP contribution < -0.4 is 15.3 Å². The Morgan fingerprint density at radius 2 is 1.72 bits per heavy atom. The highest BCUT2D eigenvalue weighted by molar-refractivity contribution is 7.16. The van der Waals surface area contributed by atoms with Crippen molar-refractivity contribution < 1.29 is 41.1 Å². The van der Waals surface area contributed by atoms with Crippen molar-refractivity contribution in [3.63, 3.8) is 0 Å². The van der Waals surface area contributed by atoms with Crippen LogP contribution in [-0.4, -0.2) is 76.2 Å². The highest BCUT2D eigenvalue weighted by atomic mass is 32.1. The van der Waals surface area contributed by atoms with Crippen LogP contribution in [0.5, 0.6) is 17.2 Å². The fourth-order valence-electron chi connectivity index (χ4n) is 3.81. The summed E-state index contributed by atoms with van der Waals surface area (Å²) in [5, 5.41) is 41.4. The van der Waals surface area contributed by atoms with Crippen LogP contribution in [0.25, 0.3) is 0 Å². The molecule has 5 rings (SSSR count). The topological polar surface area (TPSA) is 196 Å². The number of carbonyl (C=O) groups is 1. The summed E-state index contributed by atoms with van der Waals surface area (Å²) in [6.45, 7) is 6.65. The Labute approximate surface area is 211 Å². The summed E-state index contributed by atoms with van der Waals surface area (Å²) in [5.74, 6) is -2.70. The van der Waals surface area contributed by atoms with Gasteiger partial charge in [-0.2, -0.15) is 0 Å². The summed E-state index contributed by atoms with van der Waals surface area (Å²) in [4.78, 5) is 20.7. The molecule has 0 radical (unpaired) electrons.